The van der Waals surface area contributed by atoms with Crippen LogP contribution in [0.2, 0.25) is 0 Å². The Balaban J connectivity index is 0.000000306. The first-order valence-electron chi connectivity index (χ1n) is 11.9. The monoisotopic (exact) mass is 554 g/mol. The van der Waals surface area contributed by atoms with Crippen LogP contribution in [0.5, 0.6) is 0 Å². The molecule has 1 unspecified atom stereocenters. The molecule has 2 aliphatic rings. The van der Waals surface area contributed by atoms with Crippen molar-refractivity contribution in [2.45, 2.75) is 73.1 Å². The van der Waals surface area contributed by atoms with Crippen LogP contribution < -0.4 is 0 Å². The third-order valence-corrected chi connectivity index (χ3v) is 7.59. The van der Waals surface area contributed by atoms with Crippen LogP contribution in [0.3, 0.4) is 0 Å². The summed E-state index contributed by atoms with van der Waals surface area (Å²) in [7, 11) is 0. The second kappa shape index (κ2) is 11.0. The molecule has 0 spiro atoms. The summed E-state index contributed by atoms with van der Waals surface area (Å²) in [6.45, 7) is 31.8. The van der Waals surface area contributed by atoms with Gasteiger partial charge in [0.05, 0.1) is 0 Å². The molecule has 0 saturated carbocycles. The predicted octanol–water partition coefficient (Wildman–Crippen LogP) is 10.2. The normalized spacial score (nSPS) is 18.6. The Hall–Kier alpha value is -1.87. The number of fused-ring (bicyclic) bond motifs is 2. The van der Waals surface area contributed by atoms with Crippen molar-refractivity contribution >= 4 is 40.7 Å². The van der Waals surface area contributed by atoms with Crippen molar-refractivity contribution < 1.29 is 0 Å². The molecule has 0 aliphatic heterocycles. The van der Waals surface area contributed by atoms with Gasteiger partial charge in [-0.2, -0.15) is 0 Å². The molecule has 0 aromatic heterocycles. The molecule has 0 N–H and O–H groups in total. The minimum Gasteiger partial charge on any atom is -0.107 e. The van der Waals surface area contributed by atoms with E-state index in [-0.39, 0.29) is 34.8 Å². The van der Waals surface area contributed by atoms with E-state index in [0.29, 0.717) is 5.92 Å². The zero-order valence-electron chi connectivity index (χ0n) is 22.2. The second-order valence-electron chi connectivity index (χ2n) is 9.92. The van der Waals surface area contributed by atoms with Crippen molar-refractivity contribution in [2.75, 3.05) is 0 Å². The van der Waals surface area contributed by atoms with E-state index in [1.807, 2.05) is 19.9 Å². The summed E-state index contributed by atoms with van der Waals surface area (Å²) < 4.78 is 0. The Morgan fingerprint density at radius 1 is 0.939 bits per heavy atom. The van der Waals surface area contributed by atoms with Gasteiger partial charge in [0.1, 0.15) is 0 Å². The molecule has 1 heteroatoms. The van der Waals surface area contributed by atoms with Crippen LogP contribution >= 0.6 is 24.0 Å². The van der Waals surface area contributed by atoms with Gasteiger partial charge in [0.2, 0.25) is 0 Å². The number of benzene rings is 2. The van der Waals surface area contributed by atoms with Crippen LogP contribution in [0.15, 0.2) is 73.9 Å². The number of allylic oxidation sites excluding steroid dienone is 5. The van der Waals surface area contributed by atoms with Gasteiger partial charge in [-0.1, -0.05) is 128 Å². The fourth-order valence-corrected chi connectivity index (χ4v) is 4.79. The number of halogens is 1. The zero-order chi connectivity index (χ0) is 24.4. The number of hydrogen-bond acceptors (Lipinski definition) is 0. The maximum Gasteiger partial charge on any atom is 0.0118 e. The molecule has 178 valence electrons. The number of hydrogen-bond donors (Lipinski definition) is 0. The van der Waals surface area contributed by atoms with E-state index < -0.39 is 0 Å². The van der Waals surface area contributed by atoms with E-state index >= 15 is 0 Å². The van der Waals surface area contributed by atoms with Crippen molar-refractivity contribution in [2.24, 2.45) is 5.92 Å². The van der Waals surface area contributed by atoms with E-state index in [1.54, 1.807) is 0 Å². The summed E-state index contributed by atoms with van der Waals surface area (Å²) in [6, 6.07) is 15.3. The first kappa shape index (κ1) is 29.2. The highest BCUT2D eigenvalue weighted by molar-refractivity contribution is 14.0. The molecule has 1 atom stereocenters. The largest absolute Gasteiger partial charge is 0.107 e. The lowest BCUT2D eigenvalue weighted by Gasteiger charge is -2.25. The Labute approximate surface area is 220 Å². The fourth-order valence-electron chi connectivity index (χ4n) is 4.79. The van der Waals surface area contributed by atoms with Gasteiger partial charge in [-0.25, -0.2) is 0 Å². The average Bonchev–Trinajstić information content (AvgIpc) is 3.09. The van der Waals surface area contributed by atoms with Gasteiger partial charge in [-0.15, -0.1) is 24.0 Å². The summed E-state index contributed by atoms with van der Waals surface area (Å²) >= 11 is 0. The summed E-state index contributed by atoms with van der Waals surface area (Å²) in [5.74, 6) is 0.560. The summed E-state index contributed by atoms with van der Waals surface area (Å²) in [4.78, 5) is 0. The Morgan fingerprint density at radius 2 is 1.52 bits per heavy atom. The van der Waals surface area contributed by atoms with Crippen LogP contribution in [0.1, 0.15) is 90.1 Å². The minimum absolute atomic E-state index is 0. The van der Waals surface area contributed by atoms with Gasteiger partial charge in [0.15, 0.2) is 0 Å². The molecule has 4 rings (SSSR count). The van der Waals surface area contributed by atoms with E-state index in [2.05, 4.69) is 111 Å². The Bertz CT molecular complexity index is 1080. The molecule has 0 nitrogen and oxygen atoms in total. The molecule has 2 aromatic rings. The highest BCUT2D eigenvalue weighted by Crippen LogP contribution is 2.49. The van der Waals surface area contributed by atoms with Gasteiger partial charge < -0.3 is 0 Å². The Morgan fingerprint density at radius 3 is 2.03 bits per heavy atom. The predicted molar refractivity (Wildman–Crippen MR) is 161 cm³/mol. The summed E-state index contributed by atoms with van der Waals surface area (Å²) in [5.41, 5.74) is 12.2. The highest BCUT2D eigenvalue weighted by Gasteiger charge is 2.38. The minimum atomic E-state index is 0. The third-order valence-electron chi connectivity index (χ3n) is 7.59. The molecule has 2 aromatic carbocycles. The molecule has 0 bridgehead atoms. The molecular formula is C32H43I. The fraction of sp³-hybridized carbons (Fsp3) is 0.375. The topological polar surface area (TPSA) is 0 Å². The SMILES string of the molecule is C=C1c2ccccc2C(C)(C)C1C.C=CC1=C(C)C(C)(C)c2cc(C(=C)C)ccc21.CC.I. The van der Waals surface area contributed by atoms with E-state index in [1.165, 1.54) is 44.5 Å². The molecule has 0 amide bonds. The molecule has 33 heavy (non-hydrogen) atoms. The molecule has 0 fully saturated rings. The van der Waals surface area contributed by atoms with Gasteiger partial charge >= 0.3 is 0 Å². The standard InChI is InChI=1S/C17H20.C13H16.C2H6.HI/c1-7-14-12(4)17(5,6)16-10-13(11(2)3)8-9-15(14)16;1-9-10(2)13(3,4)12-8-6-5-7-11(9)12;1-2;/h7-10H,1-2H2,3-6H3;5-8,10H,1H2,2-4H3;1-2H3;1H. The number of rotatable bonds is 2. The first-order chi connectivity index (χ1) is 14.9. The van der Waals surface area contributed by atoms with Crippen LogP contribution in [0.25, 0.3) is 16.7 Å². The van der Waals surface area contributed by atoms with Crippen molar-refractivity contribution in [1.29, 1.82) is 0 Å². The van der Waals surface area contributed by atoms with Gasteiger partial charge in [0, 0.05) is 5.41 Å². The van der Waals surface area contributed by atoms with Crippen molar-refractivity contribution in [3.8, 4) is 0 Å². The van der Waals surface area contributed by atoms with Crippen LogP contribution in [-0.4, -0.2) is 0 Å². The Kier molecular flexibility index (Phi) is 9.75. The third kappa shape index (κ3) is 5.14. The van der Waals surface area contributed by atoms with Crippen LogP contribution in [0.4, 0.5) is 0 Å². The van der Waals surface area contributed by atoms with E-state index in [4.69, 9.17) is 0 Å². The van der Waals surface area contributed by atoms with E-state index in [0.717, 1.165) is 5.57 Å². The van der Waals surface area contributed by atoms with Gasteiger partial charge in [-0.3, -0.25) is 0 Å². The lowest BCUT2D eigenvalue weighted by atomic mass is 9.79. The van der Waals surface area contributed by atoms with Crippen molar-refractivity contribution in [3.63, 3.8) is 0 Å². The maximum atomic E-state index is 4.17. The van der Waals surface area contributed by atoms with Gasteiger partial charge in [0.25, 0.3) is 0 Å². The smallest absolute Gasteiger partial charge is 0.0118 e. The van der Waals surface area contributed by atoms with Gasteiger partial charge in [-0.05, 0) is 64.1 Å². The lowest BCUT2D eigenvalue weighted by Crippen LogP contribution is -2.20. The quantitative estimate of drug-likeness (QED) is 0.324. The average molecular weight is 555 g/mol. The molecule has 0 heterocycles. The zero-order valence-corrected chi connectivity index (χ0v) is 24.6. The molecule has 2 aliphatic carbocycles. The summed E-state index contributed by atoms with van der Waals surface area (Å²) in [6.07, 6.45) is 1.98. The van der Waals surface area contributed by atoms with Crippen molar-refractivity contribution in [3.05, 3.63) is 102 Å². The van der Waals surface area contributed by atoms with E-state index in [9.17, 15) is 0 Å². The van der Waals surface area contributed by atoms with Crippen LogP contribution in [0, 0.1) is 5.92 Å². The van der Waals surface area contributed by atoms with Crippen molar-refractivity contribution in [1.82, 2.24) is 0 Å². The molecule has 0 radical (unpaired) electrons. The second-order valence-corrected chi connectivity index (χ2v) is 9.92. The highest BCUT2D eigenvalue weighted by atomic mass is 127. The molecular weight excluding hydrogens is 511 g/mol. The molecule has 0 saturated heterocycles. The lowest BCUT2D eigenvalue weighted by molar-refractivity contribution is 0.442. The van der Waals surface area contributed by atoms with Crippen LogP contribution in [-0.2, 0) is 10.8 Å². The first-order valence-corrected chi connectivity index (χ1v) is 11.9. The summed E-state index contributed by atoms with van der Waals surface area (Å²) in [5, 5.41) is 0. The maximum absolute atomic E-state index is 4.17.